The monoisotopic (exact) mass is 251 g/mol. The summed E-state index contributed by atoms with van der Waals surface area (Å²) in [5, 5.41) is 0. The molecule has 0 aliphatic carbocycles. The van der Waals surface area contributed by atoms with Crippen molar-refractivity contribution in [1.29, 1.82) is 0 Å². The summed E-state index contributed by atoms with van der Waals surface area (Å²) in [4.78, 5) is 13.6. The molecule has 2 nitrogen and oxygen atoms in total. The largest absolute Gasteiger partial charge is 0.331 e. The van der Waals surface area contributed by atoms with Crippen LogP contribution in [0.25, 0.3) is 0 Å². The summed E-state index contributed by atoms with van der Waals surface area (Å²) in [7, 11) is 0. The van der Waals surface area contributed by atoms with Crippen molar-refractivity contribution in [3.63, 3.8) is 0 Å². The predicted molar refractivity (Wildman–Crippen MR) is 59.1 cm³/mol. The first kappa shape index (κ1) is 9.46. The number of amides is 1. The Kier molecular flexibility index (Phi) is 2.42. The number of rotatable bonds is 2. The van der Waals surface area contributed by atoms with Crippen LogP contribution in [0.15, 0.2) is 35.3 Å². The molecule has 0 radical (unpaired) electrons. The number of carbonyl (C=O) groups excluding carboxylic acids is 1. The van der Waals surface area contributed by atoms with Gasteiger partial charge in [0, 0.05) is 23.1 Å². The SMILES string of the molecule is C=CCN1Cc2ccc(Br)cc2C1=O. The zero-order valence-corrected chi connectivity index (χ0v) is 9.25. The third-order valence-electron chi connectivity index (χ3n) is 2.30. The summed E-state index contributed by atoms with van der Waals surface area (Å²) in [6.45, 7) is 4.95. The van der Waals surface area contributed by atoms with E-state index >= 15 is 0 Å². The number of halogens is 1. The molecule has 0 unspecified atom stereocenters. The normalized spacial score (nSPS) is 14.4. The Labute approximate surface area is 91.3 Å². The molecule has 2 rings (SSSR count). The highest BCUT2D eigenvalue weighted by Crippen LogP contribution is 2.25. The van der Waals surface area contributed by atoms with Crippen LogP contribution in [0.3, 0.4) is 0 Å². The highest BCUT2D eigenvalue weighted by Gasteiger charge is 2.25. The van der Waals surface area contributed by atoms with Crippen molar-refractivity contribution in [3.05, 3.63) is 46.5 Å². The van der Waals surface area contributed by atoms with Gasteiger partial charge in [-0.25, -0.2) is 0 Å². The van der Waals surface area contributed by atoms with Gasteiger partial charge in [-0.2, -0.15) is 0 Å². The lowest BCUT2D eigenvalue weighted by molar-refractivity contribution is 0.0796. The third-order valence-corrected chi connectivity index (χ3v) is 2.79. The van der Waals surface area contributed by atoms with Crippen LogP contribution < -0.4 is 0 Å². The highest BCUT2D eigenvalue weighted by atomic mass is 79.9. The minimum Gasteiger partial charge on any atom is -0.331 e. The van der Waals surface area contributed by atoms with Gasteiger partial charge in [0.1, 0.15) is 0 Å². The maximum Gasteiger partial charge on any atom is 0.254 e. The molecule has 1 aromatic rings. The molecule has 0 saturated carbocycles. The van der Waals surface area contributed by atoms with Crippen LogP contribution in [-0.2, 0) is 6.54 Å². The lowest BCUT2D eigenvalue weighted by Crippen LogP contribution is -2.23. The average Bonchev–Trinajstić information content (AvgIpc) is 2.46. The number of hydrogen-bond acceptors (Lipinski definition) is 1. The molecule has 72 valence electrons. The van der Waals surface area contributed by atoms with E-state index in [4.69, 9.17) is 0 Å². The fourth-order valence-electron chi connectivity index (χ4n) is 1.64. The van der Waals surface area contributed by atoms with Crippen molar-refractivity contribution in [2.75, 3.05) is 6.54 Å². The Balaban J connectivity index is 2.36. The Morgan fingerprint density at radius 2 is 2.36 bits per heavy atom. The maximum atomic E-state index is 11.8. The Morgan fingerprint density at radius 1 is 1.57 bits per heavy atom. The zero-order valence-electron chi connectivity index (χ0n) is 7.66. The van der Waals surface area contributed by atoms with E-state index in [1.165, 1.54) is 0 Å². The average molecular weight is 252 g/mol. The van der Waals surface area contributed by atoms with Gasteiger partial charge in [-0.1, -0.05) is 28.1 Å². The van der Waals surface area contributed by atoms with E-state index in [0.717, 1.165) is 15.6 Å². The topological polar surface area (TPSA) is 20.3 Å². The second-order valence-electron chi connectivity index (χ2n) is 3.28. The summed E-state index contributed by atoms with van der Waals surface area (Å²) in [5.41, 5.74) is 1.90. The summed E-state index contributed by atoms with van der Waals surface area (Å²) in [5.74, 6) is 0.0983. The molecule has 0 fully saturated rings. The molecule has 0 atom stereocenters. The quantitative estimate of drug-likeness (QED) is 0.741. The van der Waals surface area contributed by atoms with Crippen molar-refractivity contribution in [2.24, 2.45) is 0 Å². The lowest BCUT2D eigenvalue weighted by atomic mass is 10.1. The molecule has 1 heterocycles. The van der Waals surface area contributed by atoms with Crippen LogP contribution in [0, 0.1) is 0 Å². The van der Waals surface area contributed by atoms with Gasteiger partial charge in [0.2, 0.25) is 0 Å². The molecule has 14 heavy (non-hydrogen) atoms. The first-order valence-corrected chi connectivity index (χ1v) is 5.20. The standard InChI is InChI=1S/C11H10BrNO/c1-2-5-13-7-8-3-4-9(12)6-10(8)11(13)14/h2-4,6H,1,5,7H2. The molecule has 1 aliphatic heterocycles. The second kappa shape index (κ2) is 3.58. The van der Waals surface area contributed by atoms with Gasteiger partial charge in [-0.15, -0.1) is 6.58 Å². The van der Waals surface area contributed by atoms with Crippen molar-refractivity contribution in [1.82, 2.24) is 4.90 Å². The fraction of sp³-hybridized carbons (Fsp3) is 0.182. The van der Waals surface area contributed by atoms with Gasteiger partial charge in [-0.3, -0.25) is 4.79 Å². The van der Waals surface area contributed by atoms with Crippen molar-refractivity contribution in [3.8, 4) is 0 Å². The smallest absolute Gasteiger partial charge is 0.254 e. The first-order chi connectivity index (χ1) is 6.72. The zero-order chi connectivity index (χ0) is 10.1. The molecule has 1 amide bonds. The van der Waals surface area contributed by atoms with Gasteiger partial charge in [0.05, 0.1) is 0 Å². The minimum atomic E-state index is 0.0983. The lowest BCUT2D eigenvalue weighted by Gasteiger charge is -2.11. The molecular weight excluding hydrogens is 242 g/mol. The molecular formula is C11H10BrNO. The van der Waals surface area contributed by atoms with Crippen molar-refractivity contribution < 1.29 is 4.79 Å². The molecule has 1 aliphatic rings. The first-order valence-electron chi connectivity index (χ1n) is 4.41. The Hall–Kier alpha value is -1.09. The molecule has 0 aromatic heterocycles. The number of fused-ring (bicyclic) bond motifs is 1. The van der Waals surface area contributed by atoms with E-state index in [2.05, 4.69) is 22.5 Å². The Morgan fingerprint density at radius 3 is 3.07 bits per heavy atom. The van der Waals surface area contributed by atoms with Crippen LogP contribution >= 0.6 is 15.9 Å². The summed E-state index contributed by atoms with van der Waals surface area (Å²) >= 11 is 3.36. The third kappa shape index (κ3) is 1.48. The number of carbonyl (C=O) groups is 1. The van der Waals surface area contributed by atoms with E-state index in [0.29, 0.717) is 13.1 Å². The summed E-state index contributed by atoms with van der Waals surface area (Å²) < 4.78 is 0.949. The second-order valence-corrected chi connectivity index (χ2v) is 4.19. The van der Waals surface area contributed by atoms with Crippen molar-refractivity contribution >= 4 is 21.8 Å². The van der Waals surface area contributed by atoms with Crippen LogP contribution in [0.5, 0.6) is 0 Å². The maximum absolute atomic E-state index is 11.8. The molecule has 0 bridgehead atoms. The van der Waals surface area contributed by atoms with Crippen LogP contribution in [0.1, 0.15) is 15.9 Å². The van der Waals surface area contributed by atoms with Gasteiger partial charge < -0.3 is 4.90 Å². The Bertz CT molecular complexity index is 400. The summed E-state index contributed by atoms with van der Waals surface area (Å²) in [6.07, 6.45) is 1.75. The van der Waals surface area contributed by atoms with Crippen LogP contribution in [0.2, 0.25) is 0 Å². The molecule has 3 heteroatoms. The van der Waals surface area contributed by atoms with Gasteiger partial charge in [0.15, 0.2) is 0 Å². The van der Waals surface area contributed by atoms with E-state index < -0.39 is 0 Å². The molecule has 1 aromatic carbocycles. The van der Waals surface area contributed by atoms with E-state index in [-0.39, 0.29) is 5.91 Å². The van der Waals surface area contributed by atoms with Crippen LogP contribution in [0.4, 0.5) is 0 Å². The predicted octanol–water partition coefficient (Wildman–Crippen LogP) is 2.59. The molecule has 0 N–H and O–H groups in total. The number of benzene rings is 1. The van der Waals surface area contributed by atoms with Gasteiger partial charge in [0.25, 0.3) is 5.91 Å². The van der Waals surface area contributed by atoms with Crippen molar-refractivity contribution in [2.45, 2.75) is 6.54 Å². The van der Waals surface area contributed by atoms with Gasteiger partial charge in [-0.05, 0) is 17.7 Å². The highest BCUT2D eigenvalue weighted by molar-refractivity contribution is 9.10. The van der Waals surface area contributed by atoms with E-state index in [9.17, 15) is 4.79 Å². The van der Waals surface area contributed by atoms with Gasteiger partial charge >= 0.3 is 0 Å². The minimum absolute atomic E-state index is 0.0983. The summed E-state index contributed by atoms with van der Waals surface area (Å²) in [6, 6.07) is 5.82. The number of hydrogen-bond donors (Lipinski definition) is 0. The van der Waals surface area contributed by atoms with E-state index in [1.807, 2.05) is 18.2 Å². The van der Waals surface area contributed by atoms with E-state index in [1.54, 1.807) is 11.0 Å². The molecule has 0 spiro atoms. The molecule has 0 saturated heterocycles. The van der Waals surface area contributed by atoms with Crippen LogP contribution in [-0.4, -0.2) is 17.4 Å². The number of nitrogens with zero attached hydrogens (tertiary/aromatic N) is 1. The fourth-order valence-corrected chi connectivity index (χ4v) is 2.00.